The highest BCUT2D eigenvalue weighted by atomic mass is 32.1. The number of nitrogens with one attached hydrogen (secondary N) is 1. The maximum atomic E-state index is 6.00. The molecule has 160 valence electrons. The van der Waals surface area contributed by atoms with Crippen LogP contribution in [0.1, 0.15) is 28.9 Å². The molecule has 0 spiro atoms. The Balaban J connectivity index is 1.46. The van der Waals surface area contributed by atoms with E-state index in [2.05, 4.69) is 45.2 Å². The van der Waals surface area contributed by atoms with Crippen LogP contribution in [0.4, 0.5) is 5.69 Å². The van der Waals surface area contributed by atoms with Crippen molar-refractivity contribution in [2.45, 2.75) is 19.0 Å². The van der Waals surface area contributed by atoms with Crippen molar-refractivity contribution >= 4 is 23.0 Å². The van der Waals surface area contributed by atoms with Crippen molar-refractivity contribution in [2.75, 3.05) is 4.90 Å². The minimum Gasteiger partial charge on any atom is -0.457 e. The van der Waals surface area contributed by atoms with Gasteiger partial charge in [0.05, 0.1) is 17.8 Å². The standard InChI is InChI=1S/C26H24N4OS/c1-18-6-10-21(11-7-18)31-22-12-8-20(9-13-22)30-25(19-14-16-29(2)17-19)24(28-26(30)32)23-5-3-4-15-27-23/h3-17,24-25H,1-2H3,(H,28,32)/t24-,25+/m0/s1. The summed E-state index contributed by atoms with van der Waals surface area (Å²) in [7, 11) is 2.03. The highest BCUT2D eigenvalue weighted by molar-refractivity contribution is 7.80. The lowest BCUT2D eigenvalue weighted by atomic mass is 9.98. The van der Waals surface area contributed by atoms with Crippen LogP contribution in [-0.2, 0) is 7.05 Å². The average Bonchev–Trinajstić information content (AvgIpc) is 3.39. The number of hydrogen-bond donors (Lipinski definition) is 1. The normalized spacial score (nSPS) is 17.9. The highest BCUT2D eigenvalue weighted by Gasteiger charge is 2.40. The number of pyridine rings is 1. The first-order valence-electron chi connectivity index (χ1n) is 10.6. The molecule has 0 bridgehead atoms. The zero-order chi connectivity index (χ0) is 22.1. The molecule has 1 N–H and O–H groups in total. The molecule has 2 aromatic carbocycles. The highest BCUT2D eigenvalue weighted by Crippen LogP contribution is 2.41. The third kappa shape index (κ3) is 3.97. The molecule has 32 heavy (non-hydrogen) atoms. The summed E-state index contributed by atoms with van der Waals surface area (Å²) in [5.74, 6) is 1.60. The smallest absolute Gasteiger partial charge is 0.174 e. The number of ether oxygens (including phenoxy) is 1. The zero-order valence-corrected chi connectivity index (χ0v) is 18.8. The van der Waals surface area contributed by atoms with Gasteiger partial charge in [0.25, 0.3) is 0 Å². The SMILES string of the molecule is Cc1ccc(Oc2ccc(N3C(=S)N[C@@H](c4ccccn4)[C@H]3c3ccn(C)c3)cc2)cc1. The lowest BCUT2D eigenvalue weighted by molar-refractivity contribution is 0.482. The van der Waals surface area contributed by atoms with Crippen LogP contribution in [0.15, 0.2) is 91.4 Å². The second-order valence-corrected chi connectivity index (χ2v) is 8.40. The Morgan fingerprint density at radius 2 is 1.66 bits per heavy atom. The Hall–Kier alpha value is -3.64. The molecule has 0 unspecified atom stereocenters. The summed E-state index contributed by atoms with van der Waals surface area (Å²) >= 11 is 5.78. The minimum atomic E-state index is -0.0467. The molecule has 2 aromatic heterocycles. The quantitative estimate of drug-likeness (QED) is 0.403. The van der Waals surface area contributed by atoms with E-state index in [1.165, 1.54) is 11.1 Å². The molecule has 1 fully saturated rings. The number of thiocarbonyl (C=S) groups is 1. The van der Waals surface area contributed by atoms with Crippen LogP contribution in [0, 0.1) is 6.92 Å². The summed E-state index contributed by atoms with van der Waals surface area (Å²) in [5.41, 5.74) is 4.35. The van der Waals surface area contributed by atoms with Crippen LogP contribution in [0.25, 0.3) is 0 Å². The maximum Gasteiger partial charge on any atom is 0.174 e. The third-order valence-electron chi connectivity index (χ3n) is 5.67. The molecule has 1 aliphatic heterocycles. The molecular formula is C26H24N4OS. The lowest BCUT2D eigenvalue weighted by Crippen LogP contribution is -2.29. The van der Waals surface area contributed by atoms with Crippen LogP contribution >= 0.6 is 12.2 Å². The minimum absolute atomic E-state index is 0.0116. The zero-order valence-electron chi connectivity index (χ0n) is 18.0. The van der Waals surface area contributed by atoms with Gasteiger partial charge in [-0.25, -0.2) is 0 Å². The van der Waals surface area contributed by atoms with Gasteiger partial charge in [-0.2, -0.15) is 0 Å². The molecule has 6 heteroatoms. The topological polar surface area (TPSA) is 42.3 Å². The predicted octanol–water partition coefficient (Wildman–Crippen LogP) is 5.70. The van der Waals surface area contributed by atoms with Crippen molar-refractivity contribution in [1.29, 1.82) is 0 Å². The molecule has 5 rings (SSSR count). The fraction of sp³-hybridized carbons (Fsp3) is 0.154. The molecule has 2 atom stereocenters. The van der Waals surface area contributed by atoms with E-state index >= 15 is 0 Å². The van der Waals surface area contributed by atoms with Gasteiger partial charge < -0.3 is 19.5 Å². The van der Waals surface area contributed by atoms with Crippen LogP contribution < -0.4 is 15.0 Å². The summed E-state index contributed by atoms with van der Waals surface area (Å²) in [6, 6.07) is 24.2. The first kappa shape index (κ1) is 20.3. The fourth-order valence-corrected chi connectivity index (χ4v) is 4.43. The summed E-state index contributed by atoms with van der Waals surface area (Å²) in [6.45, 7) is 2.06. The Kier molecular flexibility index (Phi) is 5.37. The van der Waals surface area contributed by atoms with E-state index in [1.807, 2.05) is 80.0 Å². The van der Waals surface area contributed by atoms with Crippen molar-refractivity contribution in [3.05, 3.63) is 108 Å². The van der Waals surface area contributed by atoms with Gasteiger partial charge in [-0.15, -0.1) is 0 Å². The molecule has 0 saturated carbocycles. The van der Waals surface area contributed by atoms with E-state index in [0.29, 0.717) is 5.11 Å². The van der Waals surface area contributed by atoms with E-state index in [-0.39, 0.29) is 12.1 Å². The first-order valence-corrected chi connectivity index (χ1v) is 11.0. The van der Waals surface area contributed by atoms with E-state index in [4.69, 9.17) is 17.0 Å². The number of aromatic nitrogens is 2. The molecule has 3 heterocycles. The second kappa shape index (κ2) is 8.48. The Morgan fingerprint density at radius 3 is 2.28 bits per heavy atom. The van der Waals surface area contributed by atoms with Crippen molar-refractivity contribution < 1.29 is 4.74 Å². The molecule has 1 aliphatic rings. The summed E-state index contributed by atoms with van der Waals surface area (Å²) in [5, 5.41) is 4.17. The largest absolute Gasteiger partial charge is 0.457 e. The lowest BCUT2D eigenvalue weighted by Gasteiger charge is -2.27. The molecule has 1 saturated heterocycles. The summed E-state index contributed by atoms with van der Waals surface area (Å²) < 4.78 is 8.06. The number of nitrogens with zero attached hydrogens (tertiary/aromatic N) is 3. The van der Waals surface area contributed by atoms with Gasteiger partial charge in [0.15, 0.2) is 5.11 Å². The fourth-order valence-electron chi connectivity index (χ4n) is 4.09. The molecular weight excluding hydrogens is 416 g/mol. The summed E-state index contributed by atoms with van der Waals surface area (Å²) in [6.07, 6.45) is 6.02. The van der Waals surface area contributed by atoms with Gasteiger partial charge in [-0.1, -0.05) is 23.8 Å². The molecule has 0 radical (unpaired) electrons. The number of anilines is 1. The van der Waals surface area contributed by atoms with Gasteiger partial charge in [0.1, 0.15) is 11.5 Å². The maximum absolute atomic E-state index is 6.00. The third-order valence-corrected chi connectivity index (χ3v) is 5.98. The Labute approximate surface area is 193 Å². The molecule has 0 amide bonds. The van der Waals surface area contributed by atoms with E-state index < -0.39 is 0 Å². The van der Waals surface area contributed by atoms with Gasteiger partial charge in [-0.3, -0.25) is 4.98 Å². The van der Waals surface area contributed by atoms with Gasteiger partial charge >= 0.3 is 0 Å². The van der Waals surface area contributed by atoms with Crippen molar-refractivity contribution in [3.8, 4) is 11.5 Å². The first-order chi connectivity index (χ1) is 15.6. The molecule has 5 nitrogen and oxygen atoms in total. The Bertz CT molecular complexity index is 1220. The van der Waals surface area contributed by atoms with Crippen LogP contribution in [0.2, 0.25) is 0 Å². The predicted molar refractivity (Wildman–Crippen MR) is 131 cm³/mol. The molecule has 4 aromatic rings. The molecule has 0 aliphatic carbocycles. The monoisotopic (exact) mass is 440 g/mol. The van der Waals surface area contributed by atoms with Crippen molar-refractivity contribution in [2.24, 2.45) is 7.05 Å². The van der Waals surface area contributed by atoms with Crippen molar-refractivity contribution in [3.63, 3.8) is 0 Å². The Morgan fingerprint density at radius 1 is 0.938 bits per heavy atom. The second-order valence-electron chi connectivity index (χ2n) is 8.02. The average molecular weight is 441 g/mol. The van der Waals surface area contributed by atoms with Gasteiger partial charge in [-0.05, 0) is 79.3 Å². The van der Waals surface area contributed by atoms with Crippen LogP contribution in [0.5, 0.6) is 11.5 Å². The van der Waals surface area contributed by atoms with Gasteiger partial charge in [0, 0.05) is 31.3 Å². The van der Waals surface area contributed by atoms with Gasteiger partial charge in [0.2, 0.25) is 0 Å². The van der Waals surface area contributed by atoms with Crippen LogP contribution in [0.3, 0.4) is 0 Å². The summed E-state index contributed by atoms with van der Waals surface area (Å²) in [4.78, 5) is 6.76. The van der Waals surface area contributed by atoms with E-state index in [1.54, 1.807) is 0 Å². The number of rotatable bonds is 5. The van der Waals surface area contributed by atoms with E-state index in [9.17, 15) is 0 Å². The van der Waals surface area contributed by atoms with E-state index in [0.717, 1.165) is 22.9 Å². The van der Waals surface area contributed by atoms with Crippen LogP contribution in [-0.4, -0.2) is 14.7 Å². The number of hydrogen-bond acceptors (Lipinski definition) is 3. The number of aryl methyl sites for hydroxylation is 2. The van der Waals surface area contributed by atoms with Crippen molar-refractivity contribution in [1.82, 2.24) is 14.9 Å². The number of benzene rings is 2.